The monoisotopic (exact) mass is 475 g/mol. The zero-order valence-electron chi connectivity index (χ0n) is 28.7. The Balaban J connectivity index is 1.68. The second-order valence-electron chi connectivity index (χ2n) is 8.34. The van der Waals surface area contributed by atoms with Crippen molar-refractivity contribution in [3.8, 4) is 28.4 Å². The number of phenolic OH excluding ortho intramolecular Hbond substituents is 1. The Labute approximate surface area is 222 Å². The van der Waals surface area contributed by atoms with Gasteiger partial charge in [0.1, 0.15) is 11.6 Å². The van der Waals surface area contributed by atoms with Crippen LogP contribution in [0.2, 0.25) is 0 Å². The maximum atomic E-state index is 10.6. The molecule has 0 aliphatic heterocycles. The number of hydrogen-bond donors (Lipinski definition) is 1. The maximum absolute atomic E-state index is 10.6. The third-order valence-corrected chi connectivity index (χ3v) is 6.29. The van der Waals surface area contributed by atoms with E-state index >= 15 is 0 Å². The minimum Gasteiger partial charge on any atom is -0.508 e. The van der Waals surface area contributed by atoms with Crippen molar-refractivity contribution in [2.24, 2.45) is 0 Å². The number of para-hydroxylation sites is 2. The molecule has 7 aromatic rings. The molecule has 0 radical (unpaired) electrons. The van der Waals surface area contributed by atoms with Crippen molar-refractivity contribution in [1.29, 1.82) is 0 Å². The third kappa shape index (κ3) is 2.98. The third-order valence-electron chi connectivity index (χ3n) is 6.29. The van der Waals surface area contributed by atoms with Gasteiger partial charge in [0.15, 0.2) is 0 Å². The van der Waals surface area contributed by atoms with Crippen LogP contribution in [0.15, 0.2) is 115 Å². The van der Waals surface area contributed by atoms with Crippen LogP contribution in [0.3, 0.4) is 0 Å². The first kappa shape index (κ1) is 12.8. The molecule has 3 heterocycles. The van der Waals surface area contributed by atoms with Crippen LogP contribution in [0.1, 0.15) is 19.3 Å². The van der Waals surface area contributed by atoms with Crippen molar-refractivity contribution >= 4 is 32.8 Å². The number of hydrogen-bond acceptors (Lipinski definition) is 2. The number of pyridine rings is 1. The second kappa shape index (κ2) is 7.85. The van der Waals surface area contributed by atoms with E-state index in [1.165, 1.54) is 12.1 Å². The summed E-state index contributed by atoms with van der Waals surface area (Å²) in [6.07, 6.45) is -0.683. The molecule has 0 saturated heterocycles. The van der Waals surface area contributed by atoms with E-state index in [2.05, 4.69) is 4.98 Å². The van der Waals surface area contributed by atoms with Crippen LogP contribution < -0.4 is 0 Å². The first-order chi connectivity index (χ1) is 21.8. The number of rotatable bonds is 3. The molecule has 0 unspecified atom stereocenters. The average molecular weight is 476 g/mol. The minimum atomic E-state index is -3.05. The van der Waals surface area contributed by atoms with Gasteiger partial charge in [-0.3, -0.25) is 4.57 Å². The number of fused-ring (bicyclic) bond motifs is 5. The van der Waals surface area contributed by atoms with Crippen LogP contribution in [0.4, 0.5) is 0 Å². The van der Waals surface area contributed by atoms with E-state index in [1.807, 2.05) is 59.2 Å². The van der Waals surface area contributed by atoms with Crippen molar-refractivity contribution in [3.63, 3.8) is 0 Å². The lowest BCUT2D eigenvalue weighted by molar-refractivity contribution is 0.476. The second-order valence-corrected chi connectivity index (χ2v) is 8.34. The highest BCUT2D eigenvalue weighted by Gasteiger charge is 2.22. The average Bonchev–Trinajstić information content (AvgIpc) is 3.52. The zero-order chi connectivity index (χ0) is 32.8. The van der Waals surface area contributed by atoms with Gasteiger partial charge in [0.2, 0.25) is 0 Å². The summed E-state index contributed by atoms with van der Waals surface area (Å²) in [6, 6.07) is 17.7. The highest BCUT2D eigenvalue weighted by molar-refractivity contribution is 6.20. The summed E-state index contributed by atoms with van der Waals surface area (Å²) in [5.74, 6) is -0.317. The lowest BCUT2D eigenvalue weighted by Crippen LogP contribution is -1.99. The quantitative estimate of drug-likeness (QED) is 0.283. The Kier molecular flexibility index (Phi) is 2.78. The molecule has 0 bridgehead atoms. The summed E-state index contributed by atoms with van der Waals surface area (Å²) in [5, 5.41) is 12.0. The topological polar surface area (TPSA) is 43.0 Å². The predicted octanol–water partition coefficient (Wildman–Crippen LogP) is 7.80. The van der Waals surface area contributed by atoms with Gasteiger partial charge < -0.3 is 9.67 Å². The number of aromatic hydroxyl groups is 1. The molecule has 36 heavy (non-hydrogen) atoms. The van der Waals surface area contributed by atoms with Gasteiger partial charge >= 0.3 is 0 Å². The van der Waals surface area contributed by atoms with Crippen LogP contribution in [-0.4, -0.2) is 19.2 Å². The summed E-state index contributed by atoms with van der Waals surface area (Å²) < 4.78 is 88.3. The molecule has 7 rings (SSSR count). The molecule has 0 spiro atoms. The predicted molar refractivity (Wildman–Crippen MR) is 147 cm³/mol. The Hall–Kier alpha value is -4.83. The molecule has 3 aromatic heterocycles. The van der Waals surface area contributed by atoms with E-state index < -0.39 is 66.0 Å². The molecule has 4 heteroatoms. The summed E-state index contributed by atoms with van der Waals surface area (Å²) in [4.78, 5) is 4.41. The molecule has 0 aliphatic carbocycles. The van der Waals surface area contributed by atoms with E-state index in [1.54, 1.807) is 10.6 Å². The standard InChI is InChI=1S/C32H23N3O/c1-21-18-30(33-20-27(21)22-10-4-2-5-11-22)35-29-19-24(36)16-17-26(29)31-32(35)25-14-8-9-15-28(25)34(31)23-12-6-3-7-13-23/h2-20,36H,1H3/i1D3,2D,4D,5D,10D,11D,18D,20D. The van der Waals surface area contributed by atoms with Crippen LogP contribution in [-0.2, 0) is 0 Å². The van der Waals surface area contributed by atoms with Crippen LogP contribution in [0, 0.1) is 6.85 Å². The van der Waals surface area contributed by atoms with Gasteiger partial charge in [0.25, 0.3) is 0 Å². The highest BCUT2D eigenvalue weighted by atomic mass is 16.3. The van der Waals surface area contributed by atoms with Crippen molar-refractivity contribution in [2.45, 2.75) is 6.85 Å². The molecule has 4 nitrogen and oxygen atoms in total. The Morgan fingerprint density at radius 3 is 2.39 bits per heavy atom. The van der Waals surface area contributed by atoms with E-state index in [4.69, 9.17) is 12.3 Å². The van der Waals surface area contributed by atoms with Crippen molar-refractivity contribution in [3.05, 3.63) is 121 Å². The Morgan fingerprint density at radius 2 is 1.56 bits per heavy atom. The molecule has 1 N–H and O–H groups in total. The normalized spacial score (nSPS) is 15.9. The fraction of sp³-hybridized carbons (Fsp3) is 0.0312. The fourth-order valence-corrected chi connectivity index (χ4v) is 4.82. The molecule has 0 amide bonds. The van der Waals surface area contributed by atoms with Crippen LogP contribution in [0.25, 0.3) is 55.5 Å². The number of benzene rings is 4. The first-order valence-corrected chi connectivity index (χ1v) is 11.2. The zero-order valence-corrected chi connectivity index (χ0v) is 18.7. The molecular weight excluding hydrogens is 442 g/mol. The van der Waals surface area contributed by atoms with Gasteiger partial charge in [-0.05, 0) is 54.4 Å². The highest BCUT2D eigenvalue weighted by Crippen LogP contribution is 2.41. The smallest absolute Gasteiger partial charge is 0.137 e. The van der Waals surface area contributed by atoms with Crippen molar-refractivity contribution in [1.82, 2.24) is 14.1 Å². The molecule has 172 valence electrons. The van der Waals surface area contributed by atoms with Crippen LogP contribution in [0.5, 0.6) is 5.75 Å². The Morgan fingerprint density at radius 1 is 0.806 bits per heavy atom. The summed E-state index contributed by atoms with van der Waals surface area (Å²) in [7, 11) is 0. The molecule has 0 fully saturated rings. The summed E-state index contributed by atoms with van der Waals surface area (Å²) in [5.41, 5.74) is 1.56. The van der Waals surface area contributed by atoms with Gasteiger partial charge in [-0.1, -0.05) is 66.6 Å². The van der Waals surface area contributed by atoms with Gasteiger partial charge in [-0.15, -0.1) is 0 Å². The lowest BCUT2D eigenvalue weighted by atomic mass is 10.0. The molecule has 4 aromatic carbocycles. The molecule has 0 atom stereocenters. The number of aromatic nitrogens is 3. The van der Waals surface area contributed by atoms with Crippen molar-refractivity contribution in [2.75, 3.05) is 0 Å². The largest absolute Gasteiger partial charge is 0.508 e. The lowest BCUT2D eigenvalue weighted by Gasteiger charge is -2.11. The molecule has 0 aliphatic rings. The summed E-state index contributed by atoms with van der Waals surface area (Å²) >= 11 is 0. The summed E-state index contributed by atoms with van der Waals surface area (Å²) in [6.45, 7) is -3.05. The molecule has 0 saturated carbocycles. The minimum absolute atomic E-state index is 0.0890. The maximum Gasteiger partial charge on any atom is 0.137 e. The SMILES string of the molecule is [2H]c1nc(-n2c3cc(O)ccc3c3c2c2ccccc2n3-c2ccccc2)c([2H])c(C([2H])([2H])[2H])c1-c1c([2H])c([2H])c([2H])c([2H])c1[2H]. The number of phenols is 1. The van der Waals surface area contributed by atoms with E-state index in [0.29, 0.717) is 21.9 Å². The van der Waals surface area contributed by atoms with E-state index in [-0.39, 0.29) is 11.6 Å². The van der Waals surface area contributed by atoms with Gasteiger partial charge in [0.05, 0.1) is 31.7 Å². The number of nitrogens with zero attached hydrogens (tertiary/aromatic N) is 3. The Bertz CT molecular complexity index is 2370. The van der Waals surface area contributed by atoms with Gasteiger partial charge in [-0.2, -0.15) is 0 Å². The van der Waals surface area contributed by atoms with E-state index in [0.717, 1.165) is 16.6 Å². The van der Waals surface area contributed by atoms with Gasteiger partial charge in [0, 0.05) is 38.4 Å². The fourth-order valence-electron chi connectivity index (χ4n) is 4.82. The molecular formula is C32H23N3O. The van der Waals surface area contributed by atoms with Gasteiger partial charge in [-0.25, -0.2) is 4.98 Å². The van der Waals surface area contributed by atoms with E-state index in [9.17, 15) is 6.48 Å². The first-order valence-electron chi connectivity index (χ1n) is 16.2. The van der Waals surface area contributed by atoms with Crippen LogP contribution >= 0.6 is 0 Å². The van der Waals surface area contributed by atoms with Crippen molar-refractivity contribution < 1.29 is 18.8 Å².